The maximum absolute atomic E-state index is 9.70. The molecule has 0 aliphatic heterocycles. The van der Waals surface area contributed by atoms with Gasteiger partial charge in [-0.05, 0) is 12.1 Å². The van der Waals surface area contributed by atoms with Crippen molar-refractivity contribution in [1.82, 2.24) is 0 Å². The normalized spacial score (nSPS) is 11.7. The van der Waals surface area contributed by atoms with Crippen molar-refractivity contribution in [2.75, 3.05) is 0 Å². The minimum atomic E-state index is -2.33. The molecular formula is C31H25N2OP. The molecule has 5 aromatic rings. The van der Waals surface area contributed by atoms with Crippen LogP contribution in [-0.4, -0.2) is 10.9 Å². The molecular weight excluding hydrogens is 447 g/mol. The van der Waals surface area contributed by atoms with E-state index in [1.165, 1.54) is 15.9 Å². The molecule has 0 unspecified atom stereocenters. The molecule has 0 atom stereocenters. The minimum absolute atomic E-state index is 0.535. The molecule has 0 aromatic heterocycles. The number of rotatable bonds is 6. The summed E-state index contributed by atoms with van der Waals surface area (Å²) in [5.74, 6) is 0. The van der Waals surface area contributed by atoms with Crippen LogP contribution in [0.2, 0.25) is 0 Å². The highest BCUT2D eigenvalue weighted by atomic mass is 31.2. The summed E-state index contributed by atoms with van der Waals surface area (Å²) >= 11 is 0. The third-order valence-electron chi connectivity index (χ3n) is 5.94. The number of hydrogen-bond acceptors (Lipinski definition) is 3. The second-order valence-corrected chi connectivity index (χ2v) is 11.1. The Hall–Kier alpha value is -4.20. The summed E-state index contributed by atoms with van der Waals surface area (Å²) in [6.45, 7) is 0. The fourth-order valence-corrected chi connectivity index (χ4v) is 7.82. The van der Waals surface area contributed by atoms with Gasteiger partial charge in [0.05, 0.1) is 12.7 Å². The fourth-order valence-electron chi connectivity index (χ4n) is 4.29. The Balaban J connectivity index is 1.71. The molecule has 0 bridgehead atoms. The molecule has 4 heteroatoms. The third-order valence-corrected chi connectivity index (χ3v) is 9.61. The molecule has 3 nitrogen and oxygen atoms in total. The molecule has 0 aliphatic carbocycles. The van der Waals surface area contributed by atoms with E-state index in [2.05, 4.69) is 78.0 Å². The Bertz CT molecular complexity index is 1360. The van der Waals surface area contributed by atoms with Crippen molar-refractivity contribution in [2.45, 2.75) is 0 Å². The van der Waals surface area contributed by atoms with E-state index in [1.807, 2.05) is 72.8 Å². The number of nitrogens with zero attached hydrogens (tertiary/aromatic N) is 2. The van der Waals surface area contributed by atoms with Gasteiger partial charge in [-0.15, -0.1) is 0 Å². The monoisotopic (exact) mass is 472 g/mol. The highest BCUT2D eigenvalue weighted by molar-refractivity contribution is 7.87. The van der Waals surface area contributed by atoms with Crippen molar-refractivity contribution in [3.05, 3.63) is 157 Å². The van der Waals surface area contributed by atoms with Crippen molar-refractivity contribution >= 4 is 34.4 Å². The van der Waals surface area contributed by atoms with Crippen LogP contribution in [0.15, 0.2) is 155 Å². The molecule has 0 heterocycles. The zero-order valence-electron chi connectivity index (χ0n) is 19.1. The Labute approximate surface area is 206 Å². The first-order valence-electron chi connectivity index (χ1n) is 11.5. The number of oxime groups is 1. The van der Waals surface area contributed by atoms with E-state index < -0.39 is 7.05 Å². The predicted octanol–water partition coefficient (Wildman–Crippen LogP) is 6.72. The number of benzene rings is 5. The van der Waals surface area contributed by atoms with Gasteiger partial charge in [-0.2, -0.15) is 0 Å². The summed E-state index contributed by atoms with van der Waals surface area (Å²) in [6.07, 6.45) is 0. The average Bonchev–Trinajstić information content (AvgIpc) is 2.95. The highest BCUT2D eigenvalue weighted by Crippen LogP contribution is 2.49. The van der Waals surface area contributed by atoms with Crippen molar-refractivity contribution in [2.24, 2.45) is 9.90 Å². The summed E-state index contributed by atoms with van der Waals surface area (Å²) in [4.78, 5) is 0. The lowest BCUT2D eigenvalue weighted by molar-refractivity contribution is 0.319. The smallest absolute Gasteiger partial charge is 0.117 e. The first-order valence-corrected chi connectivity index (χ1v) is 13.2. The van der Waals surface area contributed by atoms with Crippen LogP contribution in [-0.2, 0) is 0 Å². The van der Waals surface area contributed by atoms with Crippen LogP contribution in [0.4, 0.5) is 5.69 Å². The fraction of sp³-hybridized carbons (Fsp3) is 0. The molecule has 0 saturated carbocycles. The molecule has 170 valence electrons. The van der Waals surface area contributed by atoms with Crippen molar-refractivity contribution < 1.29 is 5.21 Å². The van der Waals surface area contributed by atoms with E-state index in [4.69, 9.17) is 4.74 Å². The van der Waals surface area contributed by atoms with Crippen LogP contribution in [0.25, 0.3) is 0 Å². The lowest BCUT2D eigenvalue weighted by Gasteiger charge is -2.27. The second-order valence-electron chi connectivity index (χ2n) is 8.10. The standard InChI is InChI=1S/C31H25N2OP/c34-32-31(25-13-5-1-6-14-25)26-21-23-27(24-22-26)33-35(28-15-7-2-8-16-28,29-17-9-3-10-18-29)30-19-11-4-12-20-30/h1-24,34H. The first kappa shape index (κ1) is 22.6. The van der Waals surface area contributed by atoms with Gasteiger partial charge in [-0.3, -0.25) is 4.74 Å². The zero-order valence-corrected chi connectivity index (χ0v) is 20.0. The van der Waals surface area contributed by atoms with Crippen molar-refractivity contribution in [1.29, 1.82) is 0 Å². The number of hydrogen-bond donors (Lipinski definition) is 1. The predicted molar refractivity (Wildman–Crippen MR) is 148 cm³/mol. The van der Waals surface area contributed by atoms with E-state index in [0.717, 1.165) is 16.8 Å². The van der Waals surface area contributed by atoms with Gasteiger partial charge in [-0.25, -0.2) is 0 Å². The summed E-state index contributed by atoms with van der Waals surface area (Å²) in [5.41, 5.74) is 3.11. The van der Waals surface area contributed by atoms with Gasteiger partial charge < -0.3 is 5.21 Å². The maximum atomic E-state index is 9.70. The Kier molecular flexibility index (Phi) is 6.70. The van der Waals surface area contributed by atoms with Gasteiger partial charge in [0.15, 0.2) is 0 Å². The third kappa shape index (κ3) is 4.59. The molecule has 0 aliphatic rings. The molecule has 5 aromatic carbocycles. The van der Waals surface area contributed by atoms with E-state index in [9.17, 15) is 5.21 Å². The van der Waals surface area contributed by atoms with Gasteiger partial charge in [0.1, 0.15) is 5.71 Å². The maximum Gasteiger partial charge on any atom is 0.117 e. The van der Waals surface area contributed by atoms with Crippen LogP contribution >= 0.6 is 7.05 Å². The molecule has 5 rings (SSSR count). The SMILES string of the molecule is ON=C(c1ccccc1)c1ccc(N=P(c2ccccc2)(c2ccccc2)c2ccccc2)cc1. The van der Waals surface area contributed by atoms with Gasteiger partial charge >= 0.3 is 0 Å². The second kappa shape index (κ2) is 10.4. The molecule has 0 radical (unpaired) electrons. The van der Waals surface area contributed by atoms with E-state index in [1.54, 1.807) is 0 Å². The highest BCUT2D eigenvalue weighted by Gasteiger charge is 2.27. The van der Waals surface area contributed by atoms with Crippen LogP contribution in [0.5, 0.6) is 0 Å². The summed E-state index contributed by atoms with van der Waals surface area (Å²) in [7, 11) is -2.33. The van der Waals surface area contributed by atoms with Gasteiger partial charge in [0, 0.05) is 27.0 Å². The molecule has 1 N–H and O–H groups in total. The van der Waals surface area contributed by atoms with Crippen LogP contribution in [0, 0.1) is 0 Å². The average molecular weight is 473 g/mol. The lowest BCUT2D eigenvalue weighted by Crippen LogP contribution is -2.25. The van der Waals surface area contributed by atoms with E-state index in [0.29, 0.717) is 5.71 Å². The summed E-state index contributed by atoms with van der Waals surface area (Å²) in [5, 5.41) is 16.9. The minimum Gasteiger partial charge on any atom is -0.410 e. The Morgan fingerprint density at radius 3 is 1.23 bits per heavy atom. The molecule has 0 saturated heterocycles. The Morgan fingerprint density at radius 2 is 0.829 bits per heavy atom. The molecule has 35 heavy (non-hydrogen) atoms. The lowest BCUT2D eigenvalue weighted by atomic mass is 10.0. The van der Waals surface area contributed by atoms with Gasteiger partial charge in [-0.1, -0.05) is 139 Å². The largest absolute Gasteiger partial charge is 0.410 e. The first-order chi connectivity index (χ1) is 17.3. The zero-order chi connectivity index (χ0) is 23.9. The van der Waals surface area contributed by atoms with Crippen molar-refractivity contribution in [3.63, 3.8) is 0 Å². The Morgan fingerprint density at radius 1 is 0.457 bits per heavy atom. The van der Waals surface area contributed by atoms with Gasteiger partial charge in [0.25, 0.3) is 0 Å². The summed E-state index contributed by atoms with van der Waals surface area (Å²) in [6, 6.07) is 49.3. The van der Waals surface area contributed by atoms with Crippen LogP contribution < -0.4 is 15.9 Å². The van der Waals surface area contributed by atoms with E-state index in [-0.39, 0.29) is 0 Å². The topological polar surface area (TPSA) is 45.0 Å². The van der Waals surface area contributed by atoms with Crippen LogP contribution in [0.3, 0.4) is 0 Å². The van der Waals surface area contributed by atoms with Gasteiger partial charge in [0.2, 0.25) is 0 Å². The van der Waals surface area contributed by atoms with Crippen LogP contribution in [0.1, 0.15) is 11.1 Å². The quantitative estimate of drug-likeness (QED) is 0.127. The summed E-state index contributed by atoms with van der Waals surface area (Å²) < 4.78 is 5.51. The molecule has 0 spiro atoms. The van der Waals surface area contributed by atoms with E-state index >= 15 is 0 Å². The van der Waals surface area contributed by atoms with Crippen molar-refractivity contribution in [3.8, 4) is 0 Å². The molecule has 0 fully saturated rings. The molecule has 0 amide bonds.